The highest BCUT2D eigenvalue weighted by Gasteiger charge is 2.08. The van der Waals surface area contributed by atoms with Crippen molar-refractivity contribution in [3.8, 4) is 0 Å². The van der Waals surface area contributed by atoms with Crippen LogP contribution in [0, 0.1) is 5.82 Å². The lowest BCUT2D eigenvalue weighted by molar-refractivity contribution is 0.102. The minimum absolute atomic E-state index is 0.242. The smallest absolute Gasteiger partial charge is 0.257 e. The van der Waals surface area contributed by atoms with Crippen LogP contribution in [0.15, 0.2) is 66.9 Å². The number of aromatic nitrogens is 1. The highest BCUT2D eigenvalue weighted by atomic mass is 35.5. The third kappa shape index (κ3) is 4.80. The van der Waals surface area contributed by atoms with Crippen LogP contribution >= 0.6 is 11.6 Å². The highest BCUT2D eigenvalue weighted by Crippen LogP contribution is 2.21. The molecule has 0 saturated heterocycles. The summed E-state index contributed by atoms with van der Waals surface area (Å²) in [4.78, 5) is 16.5. The third-order valence-electron chi connectivity index (χ3n) is 3.78. The number of carbonyl (C=O) groups is 1. The molecule has 26 heavy (non-hydrogen) atoms. The second-order valence-corrected chi connectivity index (χ2v) is 6.08. The summed E-state index contributed by atoms with van der Waals surface area (Å²) in [5.74, 6) is 0.152. The summed E-state index contributed by atoms with van der Waals surface area (Å²) in [7, 11) is 0. The summed E-state index contributed by atoms with van der Waals surface area (Å²) in [6.45, 7) is 0.657. The second kappa shape index (κ2) is 8.45. The lowest BCUT2D eigenvalue weighted by atomic mass is 10.1. The van der Waals surface area contributed by atoms with E-state index in [1.54, 1.807) is 48.5 Å². The van der Waals surface area contributed by atoms with E-state index in [4.69, 9.17) is 11.6 Å². The van der Waals surface area contributed by atoms with Gasteiger partial charge in [0.25, 0.3) is 5.91 Å². The summed E-state index contributed by atoms with van der Waals surface area (Å²) < 4.78 is 12.9. The Hall–Kier alpha value is -2.92. The summed E-state index contributed by atoms with van der Waals surface area (Å²) in [6, 6.07) is 16.9. The lowest BCUT2D eigenvalue weighted by Gasteiger charge is -2.08. The van der Waals surface area contributed by atoms with Gasteiger partial charge in [-0.05, 0) is 48.4 Å². The van der Waals surface area contributed by atoms with E-state index >= 15 is 0 Å². The molecule has 2 N–H and O–H groups in total. The van der Waals surface area contributed by atoms with E-state index in [1.807, 2.05) is 0 Å². The van der Waals surface area contributed by atoms with Crippen molar-refractivity contribution in [3.05, 3.63) is 88.8 Å². The molecule has 4 nitrogen and oxygen atoms in total. The molecular weight excluding hydrogens is 353 g/mol. The van der Waals surface area contributed by atoms with Gasteiger partial charge in [-0.15, -0.1) is 0 Å². The zero-order valence-corrected chi connectivity index (χ0v) is 14.6. The van der Waals surface area contributed by atoms with Gasteiger partial charge < -0.3 is 10.6 Å². The van der Waals surface area contributed by atoms with Gasteiger partial charge in [0.1, 0.15) is 11.6 Å². The molecule has 0 radical (unpaired) electrons. The van der Waals surface area contributed by atoms with Gasteiger partial charge in [-0.1, -0.05) is 35.9 Å². The van der Waals surface area contributed by atoms with Crippen LogP contribution in [0.1, 0.15) is 15.9 Å². The highest BCUT2D eigenvalue weighted by molar-refractivity contribution is 6.33. The fourth-order valence-corrected chi connectivity index (χ4v) is 2.56. The van der Waals surface area contributed by atoms with Crippen molar-refractivity contribution in [2.75, 3.05) is 17.2 Å². The van der Waals surface area contributed by atoms with Crippen LogP contribution in [0.25, 0.3) is 0 Å². The predicted molar refractivity (Wildman–Crippen MR) is 102 cm³/mol. The number of amides is 1. The molecule has 0 fully saturated rings. The molecule has 1 amide bonds. The van der Waals surface area contributed by atoms with Crippen molar-refractivity contribution in [2.45, 2.75) is 6.42 Å². The summed E-state index contributed by atoms with van der Waals surface area (Å²) in [5.41, 5.74) is 2.03. The van der Waals surface area contributed by atoms with Gasteiger partial charge in [0, 0.05) is 12.7 Å². The van der Waals surface area contributed by atoms with Crippen LogP contribution < -0.4 is 10.6 Å². The molecule has 0 saturated carbocycles. The van der Waals surface area contributed by atoms with Crippen LogP contribution in [-0.4, -0.2) is 17.4 Å². The van der Waals surface area contributed by atoms with Crippen molar-refractivity contribution in [1.29, 1.82) is 0 Å². The molecular formula is C20H17ClFN3O. The molecule has 0 bridgehead atoms. The molecule has 1 heterocycles. The number of rotatable bonds is 6. The number of carbonyl (C=O) groups excluding carboxylic acids is 1. The number of hydrogen-bond donors (Lipinski definition) is 2. The monoisotopic (exact) mass is 369 g/mol. The van der Waals surface area contributed by atoms with Crippen molar-refractivity contribution >= 4 is 29.0 Å². The Bertz CT molecular complexity index is 882. The number of nitrogens with zero attached hydrogens (tertiary/aromatic N) is 1. The van der Waals surface area contributed by atoms with Crippen LogP contribution in [0.3, 0.4) is 0 Å². The Morgan fingerprint density at radius 3 is 2.50 bits per heavy atom. The molecule has 132 valence electrons. The molecule has 1 aromatic heterocycles. The van der Waals surface area contributed by atoms with E-state index < -0.39 is 0 Å². The van der Waals surface area contributed by atoms with Crippen LogP contribution in [0.5, 0.6) is 0 Å². The zero-order chi connectivity index (χ0) is 18.4. The SMILES string of the molecule is O=C(Nc1ccccc1Cl)c1ccc(NCCc2ccc(F)cc2)nc1. The summed E-state index contributed by atoms with van der Waals surface area (Å²) in [6.07, 6.45) is 2.25. The van der Waals surface area contributed by atoms with E-state index in [0.29, 0.717) is 28.6 Å². The zero-order valence-electron chi connectivity index (χ0n) is 13.9. The quantitative estimate of drug-likeness (QED) is 0.657. The average Bonchev–Trinajstić information content (AvgIpc) is 2.66. The number of benzene rings is 2. The Morgan fingerprint density at radius 2 is 1.81 bits per heavy atom. The van der Waals surface area contributed by atoms with E-state index in [2.05, 4.69) is 15.6 Å². The Morgan fingerprint density at radius 1 is 1.04 bits per heavy atom. The molecule has 0 atom stereocenters. The lowest BCUT2D eigenvalue weighted by Crippen LogP contribution is -2.13. The maximum atomic E-state index is 12.9. The van der Waals surface area contributed by atoms with Crippen LogP contribution in [-0.2, 0) is 6.42 Å². The maximum Gasteiger partial charge on any atom is 0.257 e. The van der Waals surface area contributed by atoms with Crippen molar-refractivity contribution in [2.24, 2.45) is 0 Å². The van der Waals surface area contributed by atoms with Crippen LogP contribution in [0.2, 0.25) is 5.02 Å². The number of para-hydroxylation sites is 1. The first-order chi connectivity index (χ1) is 12.6. The first-order valence-electron chi connectivity index (χ1n) is 8.12. The third-order valence-corrected chi connectivity index (χ3v) is 4.11. The van der Waals surface area contributed by atoms with E-state index in [-0.39, 0.29) is 11.7 Å². The van der Waals surface area contributed by atoms with Gasteiger partial charge in [0.2, 0.25) is 0 Å². The van der Waals surface area contributed by atoms with Crippen molar-refractivity contribution < 1.29 is 9.18 Å². The second-order valence-electron chi connectivity index (χ2n) is 5.67. The van der Waals surface area contributed by atoms with Crippen molar-refractivity contribution in [3.63, 3.8) is 0 Å². The van der Waals surface area contributed by atoms with E-state index in [1.165, 1.54) is 18.3 Å². The summed E-state index contributed by atoms with van der Waals surface area (Å²) in [5, 5.41) is 6.41. The topological polar surface area (TPSA) is 54.0 Å². The first-order valence-corrected chi connectivity index (χ1v) is 8.50. The van der Waals surface area contributed by atoms with Gasteiger partial charge in [0.15, 0.2) is 0 Å². The number of halogens is 2. The molecule has 0 aliphatic carbocycles. The molecule has 3 aromatic rings. The number of hydrogen-bond acceptors (Lipinski definition) is 3. The number of nitrogens with one attached hydrogen (secondary N) is 2. The fraction of sp³-hybridized carbons (Fsp3) is 0.100. The molecule has 0 unspecified atom stereocenters. The van der Waals surface area contributed by atoms with Gasteiger partial charge in [-0.3, -0.25) is 4.79 Å². The molecule has 0 aliphatic heterocycles. The van der Waals surface area contributed by atoms with Crippen LogP contribution in [0.4, 0.5) is 15.9 Å². The molecule has 3 rings (SSSR count). The van der Waals surface area contributed by atoms with Gasteiger partial charge in [-0.2, -0.15) is 0 Å². The first kappa shape index (κ1) is 17.9. The van der Waals surface area contributed by atoms with Gasteiger partial charge in [-0.25, -0.2) is 9.37 Å². The standard InChI is InChI=1S/C20H17ClFN3O/c21-17-3-1-2-4-18(17)25-20(26)15-7-10-19(24-13-15)23-12-11-14-5-8-16(22)9-6-14/h1-10,13H,11-12H2,(H,23,24)(H,25,26). The normalized spacial score (nSPS) is 10.4. The largest absolute Gasteiger partial charge is 0.370 e. The average molecular weight is 370 g/mol. The molecule has 0 aliphatic rings. The molecule has 6 heteroatoms. The minimum atomic E-state index is -0.275. The van der Waals surface area contributed by atoms with Gasteiger partial charge in [0.05, 0.1) is 16.3 Å². The molecule has 0 spiro atoms. The van der Waals surface area contributed by atoms with E-state index in [9.17, 15) is 9.18 Å². The number of anilines is 2. The maximum absolute atomic E-state index is 12.9. The molecule has 2 aromatic carbocycles. The summed E-state index contributed by atoms with van der Waals surface area (Å²) >= 11 is 6.04. The Balaban J connectivity index is 1.53. The predicted octanol–water partition coefficient (Wildman–Crippen LogP) is 4.78. The van der Waals surface area contributed by atoms with E-state index in [0.717, 1.165) is 12.0 Å². The minimum Gasteiger partial charge on any atom is -0.370 e. The Labute approximate surface area is 156 Å². The Kier molecular flexibility index (Phi) is 5.81. The fourth-order valence-electron chi connectivity index (χ4n) is 2.38. The van der Waals surface area contributed by atoms with Crippen molar-refractivity contribution in [1.82, 2.24) is 4.98 Å². The number of pyridine rings is 1. The van der Waals surface area contributed by atoms with Gasteiger partial charge >= 0.3 is 0 Å².